The molecule has 2 heterocycles. The van der Waals surface area contributed by atoms with E-state index in [0.29, 0.717) is 34.5 Å². The molecule has 0 aliphatic heterocycles. The molecule has 0 unspecified atom stereocenters. The first kappa shape index (κ1) is 40.6. The van der Waals surface area contributed by atoms with Crippen LogP contribution >= 0.6 is 0 Å². The maximum Gasteiger partial charge on any atom is 0.417 e. The van der Waals surface area contributed by atoms with Gasteiger partial charge in [-0.25, -0.2) is 0 Å². The summed E-state index contributed by atoms with van der Waals surface area (Å²) in [6.07, 6.45) is -10.3. The van der Waals surface area contributed by atoms with Crippen LogP contribution in [0.15, 0.2) is 140 Å². The highest BCUT2D eigenvalue weighted by atomic mass is 19.4. The average molecular weight is 834 g/mol. The maximum absolute atomic E-state index is 15.2. The van der Waals surface area contributed by atoms with Crippen LogP contribution in [0.5, 0.6) is 0 Å². The third-order valence-corrected chi connectivity index (χ3v) is 12.0. The summed E-state index contributed by atoms with van der Waals surface area (Å²) in [5.41, 5.74) is 1.41. The third kappa shape index (κ3) is 6.51. The van der Waals surface area contributed by atoms with Crippen LogP contribution in [0.25, 0.3) is 77.2 Å². The number of fused-ring (bicyclic) bond motifs is 6. The number of hydrogen-bond donors (Lipinski definition) is 0. The van der Waals surface area contributed by atoms with Gasteiger partial charge in [0.25, 0.3) is 0 Å². The Kier molecular flexibility index (Phi) is 9.26. The summed E-state index contributed by atoms with van der Waals surface area (Å²) in [6, 6.07) is 41.6. The third-order valence-electron chi connectivity index (χ3n) is 12.0. The lowest BCUT2D eigenvalue weighted by atomic mass is 9.85. The van der Waals surface area contributed by atoms with Crippen LogP contribution in [-0.2, 0) is 23.2 Å². The summed E-state index contributed by atoms with van der Waals surface area (Å²) >= 11 is 0. The molecule has 310 valence electrons. The average Bonchev–Trinajstić information content (AvgIpc) is 3.73. The number of aromatic nitrogens is 2. The second-order valence-electron chi connectivity index (χ2n) is 17.9. The number of nitriles is 1. The van der Waals surface area contributed by atoms with Crippen LogP contribution < -0.4 is 0 Å². The summed E-state index contributed by atoms with van der Waals surface area (Å²) in [4.78, 5) is 0. The molecular formula is C53H41F6N3. The number of hydrogen-bond acceptors (Lipinski definition) is 1. The molecular weight excluding hydrogens is 793 g/mol. The number of para-hydroxylation sites is 2. The van der Waals surface area contributed by atoms with Crippen LogP contribution in [0.2, 0.25) is 0 Å². The standard InChI is InChI=1S/C53H41F6N3/c1-50(2,3)32-24-26-43-37(28-32)34-15-7-9-20-41(34)61(43)45-22-11-14-31(30-60)47(45)49-36(48-39(52(54,55)56)18-13-19-40(48)53(57,58)59)17-12-23-46(49)62-42-21-10-8-16-35(42)38-29-33(51(4,5)6)25-27-44(38)62/h7-29H,1-6H3. The second kappa shape index (κ2) is 14.1. The van der Waals surface area contributed by atoms with Crippen LogP contribution in [0.4, 0.5) is 26.3 Å². The number of benzene rings is 7. The van der Waals surface area contributed by atoms with Gasteiger partial charge in [0.15, 0.2) is 0 Å². The van der Waals surface area contributed by atoms with E-state index in [4.69, 9.17) is 0 Å². The van der Waals surface area contributed by atoms with Crippen molar-refractivity contribution in [2.45, 2.75) is 64.7 Å². The molecule has 0 saturated heterocycles. The van der Waals surface area contributed by atoms with Crippen molar-refractivity contribution in [3.63, 3.8) is 0 Å². The minimum atomic E-state index is -5.17. The Morgan fingerprint density at radius 3 is 1.29 bits per heavy atom. The molecule has 0 saturated carbocycles. The van der Waals surface area contributed by atoms with Gasteiger partial charge >= 0.3 is 12.4 Å². The van der Waals surface area contributed by atoms with E-state index in [2.05, 4.69) is 59.7 Å². The van der Waals surface area contributed by atoms with Gasteiger partial charge in [0.1, 0.15) is 0 Å². The molecule has 2 aromatic heterocycles. The molecule has 0 atom stereocenters. The number of alkyl halides is 6. The number of halogens is 6. The molecule has 3 nitrogen and oxygen atoms in total. The Bertz CT molecular complexity index is 3270. The number of rotatable bonds is 4. The van der Waals surface area contributed by atoms with Crippen molar-refractivity contribution >= 4 is 43.6 Å². The van der Waals surface area contributed by atoms with Gasteiger partial charge in [-0.1, -0.05) is 114 Å². The van der Waals surface area contributed by atoms with Crippen LogP contribution in [0.1, 0.15) is 69.4 Å². The van der Waals surface area contributed by atoms with Crippen molar-refractivity contribution < 1.29 is 26.3 Å². The van der Waals surface area contributed by atoms with Crippen molar-refractivity contribution in [3.8, 4) is 39.7 Å². The minimum absolute atomic E-state index is 0.0432. The van der Waals surface area contributed by atoms with Crippen molar-refractivity contribution in [3.05, 3.63) is 167 Å². The predicted molar refractivity (Wildman–Crippen MR) is 238 cm³/mol. The molecule has 7 aromatic carbocycles. The first-order valence-electron chi connectivity index (χ1n) is 20.3. The summed E-state index contributed by atoms with van der Waals surface area (Å²) < 4.78 is 95.3. The van der Waals surface area contributed by atoms with Gasteiger partial charge in [0.05, 0.1) is 56.2 Å². The van der Waals surface area contributed by atoms with Crippen LogP contribution in [0.3, 0.4) is 0 Å². The minimum Gasteiger partial charge on any atom is -0.309 e. The maximum atomic E-state index is 15.2. The lowest BCUT2D eigenvalue weighted by Gasteiger charge is -2.25. The van der Waals surface area contributed by atoms with Gasteiger partial charge in [-0.2, -0.15) is 31.6 Å². The second-order valence-corrected chi connectivity index (χ2v) is 17.9. The molecule has 0 aliphatic rings. The molecule has 0 N–H and O–H groups in total. The van der Waals surface area contributed by atoms with E-state index < -0.39 is 29.0 Å². The Hall–Kier alpha value is -6.79. The van der Waals surface area contributed by atoms with E-state index in [1.807, 2.05) is 81.9 Å². The van der Waals surface area contributed by atoms with Gasteiger partial charge in [0.2, 0.25) is 0 Å². The highest BCUT2D eigenvalue weighted by Crippen LogP contribution is 2.51. The molecule has 0 aliphatic carbocycles. The van der Waals surface area contributed by atoms with Gasteiger partial charge < -0.3 is 9.13 Å². The highest BCUT2D eigenvalue weighted by Gasteiger charge is 2.42. The van der Waals surface area contributed by atoms with E-state index in [1.165, 1.54) is 12.1 Å². The van der Waals surface area contributed by atoms with E-state index in [9.17, 15) is 5.26 Å². The summed E-state index contributed by atoms with van der Waals surface area (Å²) in [7, 11) is 0. The topological polar surface area (TPSA) is 33.6 Å². The Labute approximate surface area is 355 Å². The van der Waals surface area contributed by atoms with Crippen LogP contribution in [0, 0.1) is 11.3 Å². The largest absolute Gasteiger partial charge is 0.417 e. The van der Waals surface area contributed by atoms with E-state index in [1.54, 1.807) is 24.3 Å². The normalized spacial score (nSPS) is 12.8. The summed E-state index contributed by atoms with van der Waals surface area (Å²) in [5.74, 6) is 0. The lowest BCUT2D eigenvalue weighted by Crippen LogP contribution is -2.15. The fourth-order valence-corrected chi connectivity index (χ4v) is 8.99. The van der Waals surface area contributed by atoms with Crippen molar-refractivity contribution in [2.24, 2.45) is 0 Å². The fourth-order valence-electron chi connectivity index (χ4n) is 8.99. The van der Waals surface area contributed by atoms with E-state index in [-0.39, 0.29) is 33.1 Å². The molecule has 0 spiro atoms. The SMILES string of the molecule is CC(C)(C)c1ccc2c(c1)c1ccccc1n2-c1cccc(C#N)c1-c1c(-c2c(C(F)(F)F)cccc2C(F)(F)F)cccc1-n1c2ccccc2c2cc(C(C)(C)C)ccc21. The van der Waals surface area contributed by atoms with Crippen molar-refractivity contribution in [1.29, 1.82) is 5.26 Å². The zero-order chi connectivity index (χ0) is 44.1. The molecule has 0 radical (unpaired) electrons. The Balaban J connectivity index is 1.51. The Morgan fingerprint density at radius 2 is 0.839 bits per heavy atom. The predicted octanol–water partition coefficient (Wildman–Crippen LogP) is 15.7. The zero-order valence-corrected chi connectivity index (χ0v) is 34.9. The lowest BCUT2D eigenvalue weighted by molar-refractivity contribution is -0.142. The zero-order valence-electron chi connectivity index (χ0n) is 34.9. The first-order chi connectivity index (χ1) is 29.3. The summed E-state index contributed by atoms with van der Waals surface area (Å²) in [6.45, 7) is 12.7. The monoisotopic (exact) mass is 833 g/mol. The molecule has 62 heavy (non-hydrogen) atoms. The van der Waals surface area contributed by atoms with Crippen molar-refractivity contribution in [1.82, 2.24) is 9.13 Å². The number of nitrogens with zero attached hydrogens (tertiary/aromatic N) is 3. The smallest absolute Gasteiger partial charge is 0.309 e. The molecule has 9 heteroatoms. The van der Waals surface area contributed by atoms with Gasteiger partial charge in [0, 0.05) is 38.2 Å². The molecule has 0 amide bonds. The van der Waals surface area contributed by atoms with Crippen LogP contribution in [-0.4, -0.2) is 9.13 Å². The Morgan fingerprint density at radius 1 is 0.419 bits per heavy atom. The highest BCUT2D eigenvalue weighted by molar-refractivity contribution is 6.13. The van der Waals surface area contributed by atoms with E-state index >= 15 is 26.3 Å². The quantitative estimate of drug-likeness (QED) is 0.163. The summed E-state index contributed by atoms with van der Waals surface area (Å²) in [5, 5.41) is 14.5. The van der Waals surface area contributed by atoms with Gasteiger partial charge in [-0.05, 0) is 94.3 Å². The fraction of sp³-hybridized carbons (Fsp3) is 0.189. The van der Waals surface area contributed by atoms with Crippen molar-refractivity contribution in [2.75, 3.05) is 0 Å². The van der Waals surface area contributed by atoms with Gasteiger partial charge in [-0.3, -0.25) is 0 Å². The molecule has 9 aromatic rings. The molecule has 0 fully saturated rings. The molecule has 9 rings (SSSR count). The van der Waals surface area contributed by atoms with E-state index in [0.717, 1.165) is 49.8 Å². The first-order valence-corrected chi connectivity index (χ1v) is 20.3. The molecule has 0 bridgehead atoms. The van der Waals surface area contributed by atoms with Gasteiger partial charge in [-0.15, -0.1) is 0 Å².